The maximum absolute atomic E-state index is 12.7. The summed E-state index contributed by atoms with van der Waals surface area (Å²) in [6.07, 6.45) is 1.46. The Morgan fingerprint density at radius 3 is 2.61 bits per heavy atom. The van der Waals surface area contributed by atoms with Crippen molar-refractivity contribution in [2.45, 2.75) is 19.8 Å². The molecular formula is C20H24N2O5S. The second kappa shape index (κ2) is 8.10. The van der Waals surface area contributed by atoms with E-state index >= 15 is 0 Å². The van der Waals surface area contributed by atoms with Crippen molar-refractivity contribution in [3.05, 3.63) is 47.5 Å². The molecule has 3 rings (SSSR count). The Balaban J connectivity index is 1.87. The lowest BCUT2D eigenvalue weighted by Crippen LogP contribution is -2.36. The molecule has 0 aliphatic carbocycles. The summed E-state index contributed by atoms with van der Waals surface area (Å²) < 4.78 is 36.6. The molecule has 1 N–H and O–H groups in total. The molecule has 150 valence electrons. The van der Waals surface area contributed by atoms with Crippen LogP contribution in [0.3, 0.4) is 0 Å². The summed E-state index contributed by atoms with van der Waals surface area (Å²) in [5.74, 6) is 0.875. The number of hydrogen-bond donors (Lipinski definition) is 1. The summed E-state index contributed by atoms with van der Waals surface area (Å²) in [5.41, 5.74) is 2.51. The Labute approximate surface area is 165 Å². The number of hydrogen-bond acceptors (Lipinski definition) is 5. The minimum Gasteiger partial charge on any atom is -0.497 e. The van der Waals surface area contributed by atoms with E-state index in [2.05, 4.69) is 5.32 Å². The Morgan fingerprint density at radius 1 is 1.14 bits per heavy atom. The van der Waals surface area contributed by atoms with Crippen LogP contribution in [-0.4, -0.2) is 40.8 Å². The van der Waals surface area contributed by atoms with Crippen molar-refractivity contribution in [1.29, 1.82) is 0 Å². The lowest BCUT2D eigenvalue weighted by Gasteiger charge is -2.30. The molecule has 0 unspecified atom stereocenters. The highest BCUT2D eigenvalue weighted by Gasteiger charge is 2.26. The number of carbonyl (C=O) groups is 1. The quantitative estimate of drug-likeness (QED) is 0.800. The minimum absolute atomic E-state index is 0.0476. The number of amides is 1. The van der Waals surface area contributed by atoms with Gasteiger partial charge < -0.3 is 14.8 Å². The molecule has 0 spiro atoms. The lowest BCUT2D eigenvalue weighted by molar-refractivity contribution is 0.102. The molecule has 1 amide bonds. The first-order valence-corrected chi connectivity index (χ1v) is 10.7. The van der Waals surface area contributed by atoms with E-state index in [0.717, 1.165) is 18.4 Å². The Kier molecular flexibility index (Phi) is 5.79. The maximum Gasteiger partial charge on any atom is 0.255 e. The summed E-state index contributed by atoms with van der Waals surface area (Å²) in [7, 11) is -0.250. The third kappa shape index (κ3) is 3.91. The Hall–Kier alpha value is -2.74. The zero-order valence-corrected chi connectivity index (χ0v) is 17.0. The van der Waals surface area contributed by atoms with Crippen LogP contribution in [0.4, 0.5) is 11.4 Å². The second-order valence-corrected chi connectivity index (χ2v) is 8.62. The fraction of sp³-hybridized carbons (Fsp3) is 0.350. The van der Waals surface area contributed by atoms with Gasteiger partial charge in [-0.15, -0.1) is 0 Å². The number of nitrogens with zero attached hydrogens (tertiary/aromatic N) is 1. The van der Waals surface area contributed by atoms with Crippen molar-refractivity contribution in [3.8, 4) is 11.5 Å². The fourth-order valence-electron chi connectivity index (χ4n) is 3.24. The topological polar surface area (TPSA) is 84.9 Å². The average Bonchev–Trinajstić information content (AvgIpc) is 2.72. The van der Waals surface area contributed by atoms with Gasteiger partial charge in [-0.05, 0) is 55.7 Å². The number of aryl methyl sites for hydroxylation is 1. The number of ether oxygens (including phenoxy) is 2. The fourth-order valence-corrected chi connectivity index (χ4v) is 4.44. The zero-order valence-electron chi connectivity index (χ0n) is 16.2. The number of benzene rings is 2. The van der Waals surface area contributed by atoms with Crippen molar-refractivity contribution < 1.29 is 22.7 Å². The molecule has 28 heavy (non-hydrogen) atoms. The van der Waals surface area contributed by atoms with Crippen LogP contribution in [-0.2, 0) is 16.4 Å². The Morgan fingerprint density at radius 2 is 1.93 bits per heavy atom. The van der Waals surface area contributed by atoms with Gasteiger partial charge in [0.2, 0.25) is 10.0 Å². The van der Waals surface area contributed by atoms with Crippen LogP contribution in [0.1, 0.15) is 29.3 Å². The lowest BCUT2D eigenvalue weighted by atomic mass is 10.0. The van der Waals surface area contributed by atoms with Gasteiger partial charge in [0.1, 0.15) is 11.5 Å². The second-order valence-electron chi connectivity index (χ2n) is 6.44. The molecule has 2 aromatic carbocycles. The van der Waals surface area contributed by atoms with Gasteiger partial charge in [-0.1, -0.05) is 0 Å². The van der Waals surface area contributed by atoms with Crippen molar-refractivity contribution in [2.75, 3.05) is 36.1 Å². The molecule has 7 nitrogen and oxygen atoms in total. The summed E-state index contributed by atoms with van der Waals surface area (Å²) in [6.45, 7) is 2.10. The molecule has 0 aromatic heterocycles. The van der Waals surface area contributed by atoms with Crippen LogP contribution < -0.4 is 19.1 Å². The van der Waals surface area contributed by atoms with Crippen LogP contribution in [0.25, 0.3) is 0 Å². The molecule has 1 aliphatic rings. The highest BCUT2D eigenvalue weighted by molar-refractivity contribution is 7.92. The number of fused-ring (bicyclic) bond motifs is 1. The molecule has 2 aromatic rings. The molecule has 0 saturated heterocycles. The summed E-state index contributed by atoms with van der Waals surface area (Å²) in [5, 5.41) is 2.84. The molecule has 8 heteroatoms. The standard InChI is InChI=1S/C20H24N2O5S/c1-4-28(24,25)22-11-5-6-14-12-15(7-10-18(14)22)20(23)21-17-9-8-16(26-2)13-19(17)27-3/h7-10,12-13H,4-6,11H2,1-3H3,(H,21,23). The van der Waals surface area contributed by atoms with Gasteiger partial charge in [0.15, 0.2) is 0 Å². The van der Waals surface area contributed by atoms with Crippen LogP contribution in [0.2, 0.25) is 0 Å². The monoisotopic (exact) mass is 404 g/mol. The van der Waals surface area contributed by atoms with Crippen LogP contribution >= 0.6 is 0 Å². The van der Waals surface area contributed by atoms with E-state index in [-0.39, 0.29) is 11.7 Å². The largest absolute Gasteiger partial charge is 0.497 e. The molecule has 0 saturated carbocycles. The number of carbonyl (C=O) groups excluding carboxylic acids is 1. The van der Waals surface area contributed by atoms with Crippen LogP contribution in [0, 0.1) is 0 Å². The summed E-state index contributed by atoms with van der Waals surface area (Å²) >= 11 is 0. The van der Waals surface area contributed by atoms with E-state index in [1.54, 1.807) is 50.4 Å². The smallest absolute Gasteiger partial charge is 0.255 e. The van der Waals surface area contributed by atoms with E-state index in [1.807, 2.05) is 0 Å². The zero-order chi connectivity index (χ0) is 20.3. The molecule has 1 aliphatic heterocycles. The first kappa shape index (κ1) is 20.0. The van der Waals surface area contributed by atoms with Crippen molar-refractivity contribution >= 4 is 27.3 Å². The minimum atomic E-state index is -3.33. The highest BCUT2D eigenvalue weighted by atomic mass is 32.2. The number of methoxy groups -OCH3 is 2. The third-order valence-electron chi connectivity index (χ3n) is 4.78. The first-order chi connectivity index (χ1) is 13.4. The number of sulfonamides is 1. The molecule has 0 bridgehead atoms. The molecule has 0 atom stereocenters. The van der Waals surface area contributed by atoms with Gasteiger partial charge in [0.05, 0.1) is 31.3 Å². The summed E-state index contributed by atoms with van der Waals surface area (Å²) in [4.78, 5) is 12.7. The molecule has 0 fully saturated rings. The van der Waals surface area contributed by atoms with Gasteiger partial charge in [0.25, 0.3) is 5.91 Å². The predicted octanol–water partition coefficient (Wildman–Crippen LogP) is 3.06. The molecule has 0 radical (unpaired) electrons. The van der Waals surface area contributed by atoms with Crippen LogP contribution in [0.5, 0.6) is 11.5 Å². The first-order valence-electron chi connectivity index (χ1n) is 9.06. The van der Waals surface area contributed by atoms with E-state index in [9.17, 15) is 13.2 Å². The molecular weight excluding hydrogens is 380 g/mol. The van der Waals surface area contributed by atoms with Crippen molar-refractivity contribution in [2.24, 2.45) is 0 Å². The number of rotatable bonds is 6. The van der Waals surface area contributed by atoms with Gasteiger partial charge in [-0.3, -0.25) is 9.10 Å². The van der Waals surface area contributed by atoms with Crippen LogP contribution in [0.15, 0.2) is 36.4 Å². The van der Waals surface area contributed by atoms with Crippen molar-refractivity contribution in [3.63, 3.8) is 0 Å². The normalized spacial score (nSPS) is 13.6. The average molecular weight is 404 g/mol. The summed E-state index contributed by atoms with van der Waals surface area (Å²) in [6, 6.07) is 10.3. The molecule has 1 heterocycles. The van der Waals surface area contributed by atoms with Crippen molar-refractivity contribution in [1.82, 2.24) is 0 Å². The SMILES string of the molecule is CCS(=O)(=O)N1CCCc2cc(C(=O)Nc3ccc(OC)cc3OC)ccc21. The van der Waals surface area contributed by atoms with E-state index in [4.69, 9.17) is 9.47 Å². The Bertz CT molecular complexity index is 988. The van der Waals surface area contributed by atoms with E-state index in [1.165, 1.54) is 11.4 Å². The highest BCUT2D eigenvalue weighted by Crippen LogP contribution is 2.32. The third-order valence-corrected chi connectivity index (χ3v) is 6.56. The maximum atomic E-state index is 12.7. The van der Waals surface area contributed by atoms with Gasteiger partial charge in [0, 0.05) is 18.2 Å². The van der Waals surface area contributed by atoms with Gasteiger partial charge in [-0.2, -0.15) is 0 Å². The number of anilines is 2. The van der Waals surface area contributed by atoms with Gasteiger partial charge >= 0.3 is 0 Å². The number of nitrogens with one attached hydrogen (secondary N) is 1. The predicted molar refractivity (Wildman–Crippen MR) is 109 cm³/mol. The van der Waals surface area contributed by atoms with E-state index < -0.39 is 10.0 Å². The van der Waals surface area contributed by atoms with Gasteiger partial charge in [-0.25, -0.2) is 8.42 Å². The van der Waals surface area contributed by atoms with E-state index in [0.29, 0.717) is 35.0 Å².